The summed E-state index contributed by atoms with van der Waals surface area (Å²) in [5.74, 6) is -0.0699. The van der Waals surface area contributed by atoms with Gasteiger partial charge in [0.15, 0.2) is 5.69 Å². The maximum Gasteiger partial charge on any atom is 0.416 e. The van der Waals surface area contributed by atoms with E-state index in [1.165, 1.54) is 6.07 Å². The predicted molar refractivity (Wildman–Crippen MR) is 87.0 cm³/mol. The molecule has 1 N–H and O–H groups in total. The molecule has 2 aromatic carbocycles. The van der Waals surface area contributed by atoms with Crippen molar-refractivity contribution in [2.24, 2.45) is 0 Å². The molecule has 0 radical (unpaired) electrons. The van der Waals surface area contributed by atoms with E-state index >= 15 is 0 Å². The number of hydrogen-bond acceptors (Lipinski definition) is 5. The fourth-order valence-electron chi connectivity index (χ4n) is 2.41. The maximum absolute atomic E-state index is 13.2. The van der Waals surface area contributed by atoms with Crippen LogP contribution in [0.2, 0.25) is 0 Å². The van der Waals surface area contributed by atoms with E-state index in [1.807, 2.05) is 6.07 Å². The van der Waals surface area contributed by atoms with Crippen LogP contribution in [0.1, 0.15) is 22.4 Å². The molecule has 0 unspecified atom stereocenters. The van der Waals surface area contributed by atoms with Gasteiger partial charge in [0.2, 0.25) is 0 Å². The van der Waals surface area contributed by atoms with Crippen LogP contribution < -0.4 is 4.74 Å². The molecule has 0 fully saturated rings. The van der Waals surface area contributed by atoms with Crippen LogP contribution in [0.3, 0.4) is 0 Å². The van der Waals surface area contributed by atoms with Crippen LogP contribution in [-0.2, 0) is 12.8 Å². The topological polar surface area (TPSA) is 98.4 Å². The second kappa shape index (κ2) is 7.18. The van der Waals surface area contributed by atoms with Crippen LogP contribution in [0.25, 0.3) is 11.3 Å². The zero-order chi connectivity index (χ0) is 19.4. The van der Waals surface area contributed by atoms with Gasteiger partial charge in [-0.3, -0.25) is 0 Å². The quantitative estimate of drug-likeness (QED) is 0.754. The van der Waals surface area contributed by atoms with Gasteiger partial charge < -0.3 is 4.74 Å². The average Bonchev–Trinajstić information content (AvgIpc) is 3.14. The smallest absolute Gasteiger partial charge is 0.416 e. The number of ether oxygens (including phenoxy) is 1. The number of aromatic nitrogens is 3. The van der Waals surface area contributed by atoms with Gasteiger partial charge in [-0.25, -0.2) is 5.10 Å². The van der Waals surface area contributed by atoms with Crippen LogP contribution in [-0.4, -0.2) is 15.4 Å². The highest BCUT2D eigenvalue weighted by Gasteiger charge is 2.32. The van der Waals surface area contributed by atoms with Crippen molar-refractivity contribution in [1.82, 2.24) is 15.4 Å². The fraction of sp³-hybridized carbons (Fsp3) is 0.111. The van der Waals surface area contributed by atoms with Crippen molar-refractivity contribution in [2.75, 3.05) is 0 Å². The van der Waals surface area contributed by atoms with Crippen molar-refractivity contribution in [3.8, 4) is 29.1 Å². The van der Waals surface area contributed by atoms with E-state index in [9.17, 15) is 13.2 Å². The van der Waals surface area contributed by atoms with Crippen LogP contribution in [0.15, 0.2) is 42.5 Å². The van der Waals surface area contributed by atoms with E-state index in [2.05, 4.69) is 15.4 Å². The number of rotatable bonds is 4. The van der Waals surface area contributed by atoms with Crippen molar-refractivity contribution in [3.63, 3.8) is 0 Å². The highest BCUT2D eigenvalue weighted by molar-refractivity contribution is 5.67. The van der Waals surface area contributed by atoms with Gasteiger partial charge in [-0.05, 0) is 24.3 Å². The van der Waals surface area contributed by atoms with Gasteiger partial charge in [0.05, 0.1) is 17.2 Å². The van der Waals surface area contributed by atoms with E-state index in [1.54, 1.807) is 30.3 Å². The first-order valence-corrected chi connectivity index (χ1v) is 7.57. The third-order valence-corrected chi connectivity index (χ3v) is 3.70. The molecule has 27 heavy (non-hydrogen) atoms. The van der Waals surface area contributed by atoms with Crippen molar-refractivity contribution in [3.05, 3.63) is 64.8 Å². The summed E-state index contributed by atoms with van der Waals surface area (Å²) in [6, 6.07) is 13.5. The summed E-state index contributed by atoms with van der Waals surface area (Å²) >= 11 is 0. The summed E-state index contributed by atoms with van der Waals surface area (Å²) in [4.78, 5) is 0. The van der Waals surface area contributed by atoms with Gasteiger partial charge in [-0.15, -0.1) is 5.10 Å². The highest BCUT2D eigenvalue weighted by Crippen LogP contribution is 2.36. The number of H-pyrrole nitrogens is 1. The minimum Gasteiger partial charge on any atom is -0.489 e. The molecule has 0 saturated carbocycles. The van der Waals surface area contributed by atoms with Crippen LogP contribution in [0, 0.1) is 22.7 Å². The Labute approximate surface area is 151 Å². The van der Waals surface area contributed by atoms with Crippen LogP contribution >= 0.6 is 0 Å². The molecule has 1 aromatic heterocycles. The number of halogens is 3. The number of aromatic amines is 1. The lowest BCUT2D eigenvalue weighted by Gasteiger charge is -2.13. The van der Waals surface area contributed by atoms with Gasteiger partial charge in [0.25, 0.3) is 0 Å². The molecular weight excluding hydrogens is 359 g/mol. The van der Waals surface area contributed by atoms with Crippen molar-refractivity contribution in [2.45, 2.75) is 12.8 Å². The molecule has 0 aliphatic rings. The number of nitrogens with one attached hydrogen (secondary N) is 1. The third-order valence-electron chi connectivity index (χ3n) is 3.70. The summed E-state index contributed by atoms with van der Waals surface area (Å²) in [5, 5.41) is 27.6. The SMILES string of the molecule is N#Cc1ccccc1COc1cc(-c2nn[nH]c2C#N)cc(C(F)(F)F)c1. The minimum atomic E-state index is -4.62. The Morgan fingerprint density at radius 2 is 1.85 bits per heavy atom. The molecule has 3 aromatic rings. The van der Waals surface area contributed by atoms with Crippen molar-refractivity contribution >= 4 is 0 Å². The molecule has 0 aliphatic carbocycles. The summed E-state index contributed by atoms with van der Waals surface area (Å²) in [5.41, 5.74) is -0.0683. The number of benzene rings is 2. The Bertz CT molecular complexity index is 1060. The normalized spacial score (nSPS) is 10.9. The van der Waals surface area contributed by atoms with Gasteiger partial charge in [-0.1, -0.05) is 23.4 Å². The molecule has 0 saturated heterocycles. The molecule has 0 spiro atoms. The standard InChI is InChI=1S/C18H10F3N5O/c19-18(20,21)14-5-13(17-16(9-23)24-26-25-17)6-15(7-14)27-10-12-4-2-1-3-11(12)8-22/h1-7H,10H2,(H,24,25,26). The molecule has 3 rings (SSSR count). The van der Waals surface area contributed by atoms with Crippen LogP contribution in [0.4, 0.5) is 13.2 Å². The molecule has 9 heteroatoms. The van der Waals surface area contributed by atoms with E-state index in [0.717, 1.165) is 12.1 Å². The van der Waals surface area contributed by atoms with E-state index in [0.29, 0.717) is 11.1 Å². The van der Waals surface area contributed by atoms with Gasteiger partial charge in [0.1, 0.15) is 24.1 Å². The first-order valence-electron chi connectivity index (χ1n) is 7.57. The van der Waals surface area contributed by atoms with Gasteiger partial charge >= 0.3 is 6.18 Å². The van der Waals surface area contributed by atoms with Crippen molar-refractivity contribution < 1.29 is 17.9 Å². The second-order valence-electron chi connectivity index (χ2n) is 5.45. The minimum absolute atomic E-state index is 0.00845. The number of hydrogen-bond donors (Lipinski definition) is 1. The summed E-state index contributed by atoms with van der Waals surface area (Å²) < 4.78 is 45.2. The second-order valence-corrected chi connectivity index (χ2v) is 5.45. The largest absolute Gasteiger partial charge is 0.489 e. The first kappa shape index (κ1) is 18.0. The molecule has 0 aliphatic heterocycles. The Morgan fingerprint density at radius 1 is 1.07 bits per heavy atom. The number of nitriles is 2. The lowest BCUT2D eigenvalue weighted by Crippen LogP contribution is -2.06. The molecule has 0 atom stereocenters. The Balaban J connectivity index is 1.99. The fourth-order valence-corrected chi connectivity index (χ4v) is 2.41. The number of nitrogens with zero attached hydrogens (tertiary/aromatic N) is 4. The van der Waals surface area contributed by atoms with E-state index in [-0.39, 0.29) is 29.3 Å². The number of alkyl halides is 3. The Hall–Kier alpha value is -3.85. The molecule has 1 heterocycles. The maximum atomic E-state index is 13.2. The molecular formula is C18H10F3N5O. The first-order chi connectivity index (χ1) is 12.9. The summed E-state index contributed by atoms with van der Waals surface area (Å²) in [6.45, 7) is -0.0889. The Kier molecular flexibility index (Phi) is 4.77. The molecule has 6 nitrogen and oxygen atoms in total. The molecule has 0 bridgehead atoms. The molecule has 134 valence electrons. The summed E-state index contributed by atoms with van der Waals surface area (Å²) in [6.07, 6.45) is -4.62. The summed E-state index contributed by atoms with van der Waals surface area (Å²) in [7, 11) is 0. The monoisotopic (exact) mass is 369 g/mol. The molecule has 0 amide bonds. The third kappa shape index (κ3) is 3.88. The Morgan fingerprint density at radius 3 is 2.56 bits per heavy atom. The lowest BCUT2D eigenvalue weighted by atomic mass is 10.1. The van der Waals surface area contributed by atoms with Crippen LogP contribution in [0.5, 0.6) is 5.75 Å². The average molecular weight is 369 g/mol. The zero-order valence-electron chi connectivity index (χ0n) is 13.6. The zero-order valence-corrected chi connectivity index (χ0v) is 13.6. The van der Waals surface area contributed by atoms with E-state index in [4.69, 9.17) is 15.3 Å². The van der Waals surface area contributed by atoms with E-state index < -0.39 is 11.7 Å². The van der Waals surface area contributed by atoms with Crippen molar-refractivity contribution in [1.29, 1.82) is 10.5 Å². The predicted octanol–water partition coefficient (Wildman–Crippen LogP) is 3.81. The lowest BCUT2D eigenvalue weighted by molar-refractivity contribution is -0.137. The van der Waals surface area contributed by atoms with Gasteiger partial charge in [0, 0.05) is 11.1 Å². The highest BCUT2D eigenvalue weighted by atomic mass is 19.4. The van der Waals surface area contributed by atoms with Gasteiger partial charge in [-0.2, -0.15) is 23.7 Å².